The smallest absolute Gasteiger partial charge is 0.322 e. The van der Waals surface area contributed by atoms with Crippen LogP contribution in [0.4, 0.5) is 10.5 Å². The average Bonchev–Trinajstić information content (AvgIpc) is 3.22. The van der Waals surface area contributed by atoms with Gasteiger partial charge in [0.15, 0.2) is 11.5 Å². The molecule has 2 heterocycles. The number of halogens is 1. The molecule has 3 aromatic rings. The van der Waals surface area contributed by atoms with Gasteiger partial charge in [0.05, 0.1) is 10.6 Å². The van der Waals surface area contributed by atoms with Crippen LogP contribution in [0.25, 0.3) is 11.5 Å². The van der Waals surface area contributed by atoms with E-state index in [1.54, 1.807) is 35.2 Å². The summed E-state index contributed by atoms with van der Waals surface area (Å²) in [7, 11) is 0. The molecule has 1 aliphatic rings. The third-order valence-corrected chi connectivity index (χ3v) is 4.80. The van der Waals surface area contributed by atoms with E-state index in [1.807, 2.05) is 19.1 Å². The van der Waals surface area contributed by atoms with Crippen LogP contribution in [0, 0.1) is 0 Å². The van der Waals surface area contributed by atoms with Crippen molar-refractivity contribution in [1.29, 1.82) is 0 Å². The predicted octanol–water partition coefficient (Wildman–Crippen LogP) is 4.61. The fraction of sp³-hybridized carbons (Fsp3) is 0.286. The minimum atomic E-state index is -0.272. The first-order valence-electron chi connectivity index (χ1n) is 9.67. The van der Waals surface area contributed by atoms with Crippen molar-refractivity contribution in [2.45, 2.75) is 19.9 Å². The third-order valence-electron chi connectivity index (χ3n) is 4.47. The Morgan fingerprint density at radius 2 is 1.93 bits per heavy atom. The van der Waals surface area contributed by atoms with Crippen LogP contribution in [0.5, 0.6) is 11.5 Å². The van der Waals surface area contributed by atoms with Crippen molar-refractivity contribution < 1.29 is 18.7 Å². The van der Waals surface area contributed by atoms with Gasteiger partial charge < -0.3 is 24.1 Å². The van der Waals surface area contributed by atoms with E-state index in [-0.39, 0.29) is 12.6 Å². The van der Waals surface area contributed by atoms with E-state index in [4.69, 9.17) is 25.5 Å². The summed E-state index contributed by atoms with van der Waals surface area (Å²) < 4.78 is 16.8. The molecule has 0 saturated heterocycles. The number of rotatable bonds is 6. The van der Waals surface area contributed by atoms with Gasteiger partial charge in [0.2, 0.25) is 11.8 Å². The van der Waals surface area contributed by atoms with Crippen LogP contribution < -0.4 is 14.8 Å². The fourth-order valence-electron chi connectivity index (χ4n) is 3.07. The average molecular weight is 429 g/mol. The Morgan fingerprint density at radius 3 is 2.73 bits per heavy atom. The van der Waals surface area contributed by atoms with Gasteiger partial charge in [-0.25, -0.2) is 4.79 Å². The molecule has 9 heteroatoms. The molecule has 156 valence electrons. The lowest BCUT2D eigenvalue weighted by molar-refractivity contribution is 0.171. The molecule has 30 heavy (non-hydrogen) atoms. The number of anilines is 1. The summed E-state index contributed by atoms with van der Waals surface area (Å²) in [5, 5.41) is 11.5. The second kappa shape index (κ2) is 9.04. The van der Waals surface area contributed by atoms with Gasteiger partial charge in [-0.3, -0.25) is 0 Å². The van der Waals surface area contributed by atoms with Crippen LogP contribution in [0.3, 0.4) is 0 Å². The minimum Gasteiger partial charge on any atom is -0.486 e. The molecule has 1 N–H and O–H groups in total. The number of nitrogens with zero attached hydrogens (tertiary/aromatic N) is 3. The van der Waals surface area contributed by atoms with E-state index in [9.17, 15) is 4.79 Å². The van der Waals surface area contributed by atoms with Gasteiger partial charge in [0, 0.05) is 18.3 Å². The van der Waals surface area contributed by atoms with Gasteiger partial charge in [-0.1, -0.05) is 30.7 Å². The number of hydrogen-bond acceptors (Lipinski definition) is 6. The van der Waals surface area contributed by atoms with Gasteiger partial charge in [0.1, 0.15) is 19.8 Å². The maximum Gasteiger partial charge on any atom is 0.322 e. The first-order valence-corrected chi connectivity index (χ1v) is 10.0. The number of fused-ring (bicyclic) bond motifs is 1. The van der Waals surface area contributed by atoms with Gasteiger partial charge in [0.25, 0.3) is 0 Å². The van der Waals surface area contributed by atoms with Crippen molar-refractivity contribution in [2.24, 2.45) is 0 Å². The van der Waals surface area contributed by atoms with Gasteiger partial charge in [-0.2, -0.15) is 0 Å². The lowest BCUT2D eigenvalue weighted by Crippen LogP contribution is -2.35. The van der Waals surface area contributed by atoms with E-state index < -0.39 is 0 Å². The van der Waals surface area contributed by atoms with E-state index in [1.165, 1.54) is 0 Å². The maximum atomic E-state index is 12.8. The highest BCUT2D eigenvalue weighted by atomic mass is 35.5. The lowest BCUT2D eigenvalue weighted by Gasteiger charge is -2.22. The zero-order chi connectivity index (χ0) is 20.9. The number of hydrogen-bond donors (Lipinski definition) is 1. The Morgan fingerprint density at radius 1 is 1.13 bits per heavy atom. The number of ether oxygens (including phenoxy) is 2. The number of aromatic nitrogens is 2. The molecule has 2 aromatic carbocycles. The molecule has 0 aliphatic carbocycles. The van der Waals surface area contributed by atoms with Crippen LogP contribution in [0.15, 0.2) is 46.9 Å². The zero-order valence-electron chi connectivity index (χ0n) is 16.4. The van der Waals surface area contributed by atoms with E-state index >= 15 is 0 Å². The first-order chi connectivity index (χ1) is 14.6. The van der Waals surface area contributed by atoms with Crippen molar-refractivity contribution in [1.82, 2.24) is 15.1 Å². The van der Waals surface area contributed by atoms with E-state index in [2.05, 4.69) is 15.5 Å². The van der Waals surface area contributed by atoms with Crippen molar-refractivity contribution in [3.63, 3.8) is 0 Å². The van der Waals surface area contributed by atoms with E-state index in [0.29, 0.717) is 59.3 Å². The second-order valence-corrected chi connectivity index (χ2v) is 7.10. The monoisotopic (exact) mass is 428 g/mol. The summed E-state index contributed by atoms with van der Waals surface area (Å²) in [6.45, 7) is 3.70. The van der Waals surface area contributed by atoms with Crippen molar-refractivity contribution in [2.75, 3.05) is 25.1 Å². The standard InChI is InChI=1S/C21H21ClN4O4/c1-2-9-26(13-19-24-25-20(30-19)15-5-3-4-6-16(15)22)21(27)23-14-7-8-17-18(12-14)29-11-10-28-17/h3-8,12H,2,9-11,13H2,1H3,(H,23,27). The molecular formula is C21H21ClN4O4. The Balaban J connectivity index is 1.46. The molecule has 0 unspecified atom stereocenters. The fourth-order valence-corrected chi connectivity index (χ4v) is 3.29. The SMILES string of the molecule is CCCN(Cc1nnc(-c2ccccc2Cl)o1)C(=O)Nc1ccc2c(c1)OCCO2. The highest BCUT2D eigenvalue weighted by Gasteiger charge is 2.19. The van der Waals surface area contributed by atoms with Gasteiger partial charge in [-0.05, 0) is 30.7 Å². The maximum absolute atomic E-state index is 12.8. The molecule has 1 aromatic heterocycles. The Hall–Kier alpha value is -3.26. The van der Waals surface area contributed by atoms with Crippen molar-refractivity contribution >= 4 is 23.3 Å². The molecule has 0 saturated carbocycles. The molecular weight excluding hydrogens is 408 g/mol. The Labute approximate surface area is 178 Å². The number of carbonyl (C=O) groups excluding carboxylic acids is 1. The van der Waals surface area contributed by atoms with Crippen LogP contribution >= 0.6 is 11.6 Å². The normalized spacial score (nSPS) is 12.5. The quantitative estimate of drug-likeness (QED) is 0.616. The predicted molar refractivity (Wildman–Crippen MR) is 112 cm³/mol. The number of amides is 2. The molecule has 4 rings (SSSR count). The molecule has 8 nitrogen and oxygen atoms in total. The second-order valence-electron chi connectivity index (χ2n) is 6.69. The first kappa shape index (κ1) is 20.0. The molecule has 0 bridgehead atoms. The van der Waals surface area contributed by atoms with Crippen LogP contribution in [-0.4, -0.2) is 40.9 Å². The summed E-state index contributed by atoms with van der Waals surface area (Å²) in [5.41, 5.74) is 1.27. The van der Waals surface area contributed by atoms with E-state index in [0.717, 1.165) is 6.42 Å². The number of nitrogens with one attached hydrogen (secondary N) is 1. The minimum absolute atomic E-state index is 0.182. The Kier molecular flexibility index (Phi) is 6.04. The molecule has 0 radical (unpaired) electrons. The van der Waals surface area contributed by atoms with Gasteiger partial charge >= 0.3 is 6.03 Å². The number of carbonyl (C=O) groups is 1. The van der Waals surface area contributed by atoms with Crippen LogP contribution in [-0.2, 0) is 6.54 Å². The van der Waals surface area contributed by atoms with Gasteiger partial charge in [-0.15, -0.1) is 10.2 Å². The number of urea groups is 1. The summed E-state index contributed by atoms with van der Waals surface area (Å²) in [6, 6.07) is 12.3. The third kappa shape index (κ3) is 4.49. The largest absolute Gasteiger partial charge is 0.486 e. The molecule has 0 spiro atoms. The van der Waals surface area contributed by atoms with Crippen molar-refractivity contribution in [3.05, 3.63) is 53.4 Å². The highest BCUT2D eigenvalue weighted by Crippen LogP contribution is 2.32. The van der Waals surface area contributed by atoms with Crippen LogP contribution in [0.2, 0.25) is 5.02 Å². The molecule has 0 fully saturated rings. The molecule has 2 amide bonds. The van der Waals surface area contributed by atoms with Crippen LogP contribution in [0.1, 0.15) is 19.2 Å². The summed E-state index contributed by atoms with van der Waals surface area (Å²) in [6.07, 6.45) is 0.778. The summed E-state index contributed by atoms with van der Waals surface area (Å²) >= 11 is 6.19. The topological polar surface area (TPSA) is 89.7 Å². The highest BCUT2D eigenvalue weighted by molar-refractivity contribution is 6.33. The lowest BCUT2D eigenvalue weighted by atomic mass is 10.2. The summed E-state index contributed by atoms with van der Waals surface area (Å²) in [5.74, 6) is 1.93. The van der Waals surface area contributed by atoms with Crippen molar-refractivity contribution in [3.8, 4) is 23.0 Å². The number of benzene rings is 2. The molecule has 1 aliphatic heterocycles. The zero-order valence-corrected chi connectivity index (χ0v) is 17.2. The Bertz CT molecular complexity index is 1040. The summed E-state index contributed by atoms with van der Waals surface area (Å²) in [4.78, 5) is 14.4. The molecule has 0 atom stereocenters.